The lowest BCUT2D eigenvalue weighted by atomic mass is 10.0. The zero-order chi connectivity index (χ0) is 25.4. The molecular weight excluding hydrogens is 506 g/mol. The molecule has 18 heteroatoms. The summed E-state index contributed by atoms with van der Waals surface area (Å²) in [6.07, 6.45) is -9.31. The molecule has 194 valence electrons. The van der Waals surface area contributed by atoms with Crippen molar-refractivity contribution in [3.63, 3.8) is 0 Å². The van der Waals surface area contributed by atoms with E-state index in [0.29, 0.717) is 0 Å². The Morgan fingerprint density at radius 2 is 1.91 bits per heavy atom. The van der Waals surface area contributed by atoms with E-state index >= 15 is 0 Å². The van der Waals surface area contributed by atoms with Crippen molar-refractivity contribution in [1.29, 1.82) is 0 Å². The molecule has 0 aromatic rings. The number of nitrogens with zero attached hydrogens (tertiary/aromatic N) is 1. The number of hydrogen-bond acceptors (Lipinski definition) is 14. The molecule has 3 aliphatic heterocycles. The molecule has 3 aliphatic rings. The summed E-state index contributed by atoms with van der Waals surface area (Å²) in [5.41, 5.74) is 0. The first-order valence-corrected chi connectivity index (χ1v) is 12.8. The molecule has 6 N–H and O–H groups in total. The van der Waals surface area contributed by atoms with Gasteiger partial charge in [0.1, 0.15) is 30.2 Å². The number of nitrogens with one attached hydrogen (secondary N) is 1. The lowest BCUT2D eigenvalue weighted by molar-refractivity contribution is -0.276. The van der Waals surface area contributed by atoms with E-state index in [0.717, 1.165) is 6.08 Å². The largest absolute Gasteiger partial charge is 0.756 e. The summed E-state index contributed by atoms with van der Waals surface area (Å²) < 4.78 is 47.7. The minimum atomic E-state index is -5.62. The van der Waals surface area contributed by atoms with Crippen molar-refractivity contribution >= 4 is 21.6 Å². The zero-order valence-corrected chi connectivity index (χ0v) is 19.4. The van der Waals surface area contributed by atoms with Gasteiger partial charge in [0.2, 0.25) is 0 Å². The molecule has 0 saturated carbocycles. The van der Waals surface area contributed by atoms with Crippen LogP contribution in [0.1, 0.15) is 13.3 Å². The van der Waals surface area contributed by atoms with E-state index in [1.807, 2.05) is 0 Å². The van der Waals surface area contributed by atoms with Crippen LogP contribution >= 0.6 is 15.6 Å². The van der Waals surface area contributed by atoms with Crippen LogP contribution in [0, 0.1) is 0 Å². The van der Waals surface area contributed by atoms with Gasteiger partial charge in [-0.2, -0.15) is 0 Å². The Morgan fingerprint density at radius 3 is 2.56 bits per heavy atom. The molecule has 3 heterocycles. The minimum Gasteiger partial charge on any atom is -0.756 e. The van der Waals surface area contributed by atoms with E-state index in [9.17, 15) is 44.1 Å². The monoisotopic (exact) mass is 531 g/mol. The fourth-order valence-corrected chi connectivity index (χ4v) is 5.52. The smallest absolute Gasteiger partial charge is 0.478 e. The van der Waals surface area contributed by atoms with Crippen LogP contribution in [0.2, 0.25) is 0 Å². The second-order valence-corrected chi connectivity index (χ2v) is 10.7. The van der Waals surface area contributed by atoms with Crippen LogP contribution in [0.5, 0.6) is 0 Å². The average Bonchev–Trinajstić information content (AvgIpc) is 2.97. The Balaban J connectivity index is 1.57. The molecule has 1 amide bonds. The summed E-state index contributed by atoms with van der Waals surface area (Å²) >= 11 is 0. The lowest BCUT2D eigenvalue weighted by Gasteiger charge is -2.38. The molecule has 3 rings (SSSR count). The molecule has 0 spiro atoms. The van der Waals surface area contributed by atoms with Crippen LogP contribution in [0.25, 0.3) is 0 Å². The Morgan fingerprint density at radius 1 is 1.24 bits per heavy atom. The Labute approximate surface area is 193 Å². The number of amides is 1. The predicted molar refractivity (Wildman–Crippen MR) is 105 cm³/mol. The quantitative estimate of drug-likeness (QED) is 0.175. The molecule has 10 atom stereocenters. The van der Waals surface area contributed by atoms with Crippen LogP contribution in [-0.4, -0.2) is 91.9 Å². The van der Waals surface area contributed by atoms with Crippen molar-refractivity contribution in [2.45, 2.75) is 62.5 Å². The molecule has 0 radical (unpaired) electrons. The van der Waals surface area contributed by atoms with Gasteiger partial charge in [0.05, 0.1) is 18.8 Å². The van der Waals surface area contributed by atoms with E-state index in [1.165, 1.54) is 18.0 Å². The van der Waals surface area contributed by atoms with Crippen molar-refractivity contribution in [2.24, 2.45) is 0 Å². The number of phosphoric ester groups is 2. The number of carbonyl (C=O) groups excluding carboxylic acids is 1. The highest BCUT2D eigenvalue weighted by molar-refractivity contribution is 7.60. The number of carbonyl (C=O) groups is 1. The van der Waals surface area contributed by atoms with Crippen LogP contribution in [0.4, 0.5) is 0 Å². The Kier molecular flexibility index (Phi) is 8.37. The maximum atomic E-state index is 12.1. The first-order valence-electron chi connectivity index (χ1n) is 9.87. The Hall–Kier alpha value is -1.23. The van der Waals surface area contributed by atoms with E-state index in [2.05, 4.69) is 25.3 Å². The maximum absolute atomic E-state index is 12.1. The van der Waals surface area contributed by atoms with Gasteiger partial charge in [0.25, 0.3) is 13.7 Å². The van der Waals surface area contributed by atoms with Crippen molar-refractivity contribution in [3.05, 3.63) is 24.7 Å². The van der Waals surface area contributed by atoms with Gasteiger partial charge < -0.3 is 49.9 Å². The highest BCUT2D eigenvalue weighted by atomic mass is 31.3. The van der Waals surface area contributed by atoms with Gasteiger partial charge in [-0.3, -0.25) is 18.4 Å². The average molecular weight is 531 g/mol. The highest BCUT2D eigenvalue weighted by Crippen LogP contribution is 2.59. The molecular formula is C16H25N2O14P2-. The normalized spacial score (nSPS) is 40.0. The number of hydrogen-bond donors (Lipinski definition) is 6. The molecule has 2 saturated heterocycles. The molecule has 16 nitrogen and oxygen atoms in total. The standard InChI is InChI=1S/C16H26N2O14P2/c1-7-5-9(19)12(21)16(29-7)31-34(26,27)32-33(24,25)28-6-10-13(22)14(23)15(30-10)18-4-3-11(20)17-8(18)2/h3-4,7,9-10,12-16,19,21-23H,2,5-6H2,1H3,(H,17,20)(H,24,25)(H,26,27)/p-1/t7?,9-,10+,12?,13-,14?,15+,16+/m0/s1. The van der Waals surface area contributed by atoms with Gasteiger partial charge in [-0.1, -0.05) is 6.58 Å². The number of aliphatic hydroxyl groups is 4. The number of phosphoric acid groups is 2. The van der Waals surface area contributed by atoms with Gasteiger partial charge >= 0.3 is 7.82 Å². The van der Waals surface area contributed by atoms with Gasteiger partial charge in [0, 0.05) is 18.7 Å². The summed E-state index contributed by atoms with van der Waals surface area (Å²) in [7, 11) is -11.0. The van der Waals surface area contributed by atoms with E-state index < -0.39 is 77.3 Å². The lowest BCUT2D eigenvalue weighted by Crippen LogP contribution is -2.48. The maximum Gasteiger partial charge on any atom is 0.478 e. The summed E-state index contributed by atoms with van der Waals surface area (Å²) in [5, 5.41) is 42.2. The van der Waals surface area contributed by atoms with Crippen LogP contribution < -0.4 is 10.2 Å². The van der Waals surface area contributed by atoms with E-state index in [1.54, 1.807) is 0 Å². The molecule has 0 aromatic heterocycles. The third-order valence-corrected chi connectivity index (χ3v) is 7.59. The third kappa shape index (κ3) is 6.50. The van der Waals surface area contributed by atoms with Gasteiger partial charge in [-0.05, 0) is 6.92 Å². The second kappa shape index (κ2) is 10.4. The van der Waals surface area contributed by atoms with Crippen molar-refractivity contribution in [1.82, 2.24) is 10.2 Å². The summed E-state index contributed by atoms with van der Waals surface area (Å²) in [5.74, 6) is -0.454. The van der Waals surface area contributed by atoms with Crippen LogP contribution in [0.3, 0.4) is 0 Å². The summed E-state index contributed by atoms with van der Waals surface area (Å²) in [6.45, 7) is 4.14. The van der Waals surface area contributed by atoms with Gasteiger partial charge in [-0.15, -0.1) is 0 Å². The highest BCUT2D eigenvalue weighted by Gasteiger charge is 2.47. The third-order valence-electron chi connectivity index (χ3n) is 5.03. The fraction of sp³-hybridized carbons (Fsp3) is 0.688. The topological polar surface area (TPSA) is 237 Å². The first kappa shape index (κ1) is 27.4. The van der Waals surface area contributed by atoms with E-state index in [4.69, 9.17) is 9.47 Å². The number of aliphatic hydroxyl groups excluding tert-OH is 4. The molecule has 5 unspecified atom stereocenters. The number of rotatable bonds is 8. The van der Waals surface area contributed by atoms with Crippen LogP contribution in [-0.2, 0) is 36.8 Å². The van der Waals surface area contributed by atoms with E-state index in [-0.39, 0.29) is 12.2 Å². The molecule has 0 aromatic carbocycles. The van der Waals surface area contributed by atoms with Gasteiger partial charge in [-0.25, -0.2) is 8.88 Å². The number of ether oxygens (including phenoxy) is 2. The summed E-state index contributed by atoms with van der Waals surface area (Å²) in [4.78, 5) is 34.3. The summed E-state index contributed by atoms with van der Waals surface area (Å²) in [6, 6.07) is 0. The van der Waals surface area contributed by atoms with Crippen molar-refractivity contribution in [3.8, 4) is 0 Å². The van der Waals surface area contributed by atoms with Crippen molar-refractivity contribution < 1.29 is 67.0 Å². The predicted octanol–water partition coefficient (Wildman–Crippen LogP) is -2.67. The fourth-order valence-electron chi connectivity index (χ4n) is 3.40. The minimum absolute atomic E-state index is 0.00383. The van der Waals surface area contributed by atoms with Gasteiger partial charge in [0.15, 0.2) is 12.5 Å². The molecule has 34 heavy (non-hydrogen) atoms. The van der Waals surface area contributed by atoms with Crippen molar-refractivity contribution in [2.75, 3.05) is 6.61 Å². The SMILES string of the molecule is C=C1NC(=O)C=CN1[C@@H]1O[C@H](COP(=O)(O)OP(=O)([O-])O[C@H]2OC(C)C[C@H](O)C2O)[C@H](O)C1O. The molecule has 2 fully saturated rings. The Bertz CT molecular complexity index is 916. The molecule has 0 aliphatic carbocycles. The second-order valence-electron chi connectivity index (χ2n) is 7.71. The zero-order valence-electron chi connectivity index (χ0n) is 17.6. The first-order chi connectivity index (χ1) is 15.7. The molecule has 0 bridgehead atoms. The van der Waals surface area contributed by atoms with Crippen LogP contribution in [0.15, 0.2) is 24.7 Å².